The van der Waals surface area contributed by atoms with E-state index in [-0.39, 0.29) is 5.91 Å². The molecule has 4 nitrogen and oxygen atoms in total. The van der Waals surface area contributed by atoms with Crippen LogP contribution in [-0.4, -0.2) is 10.9 Å². The van der Waals surface area contributed by atoms with Crippen LogP contribution < -0.4 is 11.1 Å². The molecule has 92 valence electrons. The van der Waals surface area contributed by atoms with Crippen molar-refractivity contribution in [3.8, 4) is 0 Å². The Morgan fingerprint density at radius 1 is 1.33 bits per heavy atom. The second kappa shape index (κ2) is 5.75. The smallest absolute Gasteiger partial charge is 0.274 e. The van der Waals surface area contributed by atoms with E-state index in [4.69, 9.17) is 5.73 Å². The third-order valence-corrected chi connectivity index (χ3v) is 3.11. The molecule has 2 rings (SSSR count). The van der Waals surface area contributed by atoms with Crippen LogP contribution in [0.5, 0.6) is 0 Å². The number of pyridine rings is 1. The highest BCUT2D eigenvalue weighted by atomic mass is 79.9. The van der Waals surface area contributed by atoms with Crippen molar-refractivity contribution in [1.82, 2.24) is 4.98 Å². The number of aromatic nitrogens is 1. The molecule has 0 saturated carbocycles. The van der Waals surface area contributed by atoms with Crippen LogP contribution in [0.2, 0.25) is 0 Å². The van der Waals surface area contributed by atoms with Crippen molar-refractivity contribution in [3.63, 3.8) is 0 Å². The normalized spacial score (nSPS) is 10.1. The van der Waals surface area contributed by atoms with E-state index in [2.05, 4.69) is 26.2 Å². The number of benzene rings is 1. The van der Waals surface area contributed by atoms with Crippen molar-refractivity contribution < 1.29 is 4.79 Å². The number of hydrogen-bond donors (Lipinski definition) is 2. The highest BCUT2D eigenvalue weighted by Gasteiger charge is 2.09. The number of carbonyl (C=O) groups excluding carboxylic acids is 1. The van der Waals surface area contributed by atoms with Crippen molar-refractivity contribution in [2.75, 3.05) is 5.32 Å². The second-order valence-corrected chi connectivity index (χ2v) is 4.54. The number of halogens is 1. The highest BCUT2D eigenvalue weighted by molar-refractivity contribution is 9.10. The lowest BCUT2D eigenvalue weighted by molar-refractivity contribution is 0.102. The predicted molar refractivity (Wildman–Crippen MR) is 74.2 cm³/mol. The monoisotopic (exact) mass is 305 g/mol. The van der Waals surface area contributed by atoms with E-state index in [1.54, 1.807) is 18.3 Å². The Balaban J connectivity index is 2.19. The lowest BCUT2D eigenvalue weighted by Gasteiger charge is -2.07. The molecule has 0 aliphatic carbocycles. The van der Waals surface area contributed by atoms with Gasteiger partial charge >= 0.3 is 0 Å². The van der Waals surface area contributed by atoms with Gasteiger partial charge in [-0.05, 0) is 45.8 Å². The van der Waals surface area contributed by atoms with Gasteiger partial charge in [0.05, 0.1) is 5.69 Å². The fraction of sp³-hybridized carbons (Fsp3) is 0.0769. The van der Waals surface area contributed by atoms with Crippen LogP contribution in [0.25, 0.3) is 0 Å². The van der Waals surface area contributed by atoms with Crippen molar-refractivity contribution in [2.45, 2.75) is 6.54 Å². The van der Waals surface area contributed by atoms with E-state index in [0.717, 1.165) is 10.0 Å². The molecule has 0 aliphatic heterocycles. The third kappa shape index (κ3) is 2.94. The van der Waals surface area contributed by atoms with E-state index in [1.165, 1.54) is 0 Å². The number of nitrogens with two attached hydrogens (primary N) is 1. The minimum atomic E-state index is -0.253. The number of hydrogen-bond acceptors (Lipinski definition) is 3. The Kier molecular flexibility index (Phi) is 4.07. The van der Waals surface area contributed by atoms with Crippen LogP contribution in [0.1, 0.15) is 16.1 Å². The zero-order valence-electron chi connectivity index (χ0n) is 9.56. The molecule has 0 atom stereocenters. The quantitative estimate of drug-likeness (QED) is 0.915. The molecule has 0 unspecified atom stereocenters. The first-order chi connectivity index (χ1) is 8.70. The standard InChI is InChI=1S/C13H12BrN3O/c14-10-3-1-2-4-11(10)17-13(18)12-7-9(8-15)5-6-16-12/h1-7H,8,15H2,(H,17,18). The summed E-state index contributed by atoms with van der Waals surface area (Å²) in [5, 5.41) is 2.79. The molecule has 0 saturated heterocycles. The first-order valence-electron chi connectivity index (χ1n) is 5.41. The average Bonchev–Trinajstić information content (AvgIpc) is 2.41. The lowest BCUT2D eigenvalue weighted by Crippen LogP contribution is -2.14. The Labute approximate surface area is 113 Å². The number of nitrogens with one attached hydrogen (secondary N) is 1. The van der Waals surface area contributed by atoms with Crippen LogP contribution in [0.3, 0.4) is 0 Å². The SMILES string of the molecule is NCc1ccnc(C(=O)Nc2ccccc2Br)c1. The highest BCUT2D eigenvalue weighted by Crippen LogP contribution is 2.21. The predicted octanol–water partition coefficient (Wildman–Crippen LogP) is 2.56. The summed E-state index contributed by atoms with van der Waals surface area (Å²) in [6.45, 7) is 0.387. The molecule has 1 aromatic heterocycles. The molecule has 18 heavy (non-hydrogen) atoms. The molecule has 3 N–H and O–H groups in total. The first-order valence-corrected chi connectivity index (χ1v) is 6.21. The number of carbonyl (C=O) groups is 1. The van der Waals surface area contributed by atoms with Crippen molar-refractivity contribution >= 4 is 27.5 Å². The summed E-state index contributed by atoms with van der Waals surface area (Å²) in [7, 11) is 0. The van der Waals surface area contributed by atoms with E-state index in [0.29, 0.717) is 17.9 Å². The van der Waals surface area contributed by atoms with Gasteiger partial charge in [-0.3, -0.25) is 9.78 Å². The molecule has 1 aromatic carbocycles. The van der Waals surface area contributed by atoms with Crippen LogP contribution in [0.15, 0.2) is 47.1 Å². The summed E-state index contributed by atoms with van der Waals surface area (Å²) >= 11 is 3.37. The minimum Gasteiger partial charge on any atom is -0.326 e. The minimum absolute atomic E-state index is 0.253. The largest absolute Gasteiger partial charge is 0.326 e. The van der Waals surface area contributed by atoms with Crippen molar-refractivity contribution in [2.24, 2.45) is 5.73 Å². The van der Waals surface area contributed by atoms with Gasteiger partial charge in [-0.2, -0.15) is 0 Å². The van der Waals surface area contributed by atoms with E-state index >= 15 is 0 Å². The van der Waals surface area contributed by atoms with Gasteiger partial charge in [0.25, 0.3) is 5.91 Å². The number of para-hydroxylation sites is 1. The van der Waals surface area contributed by atoms with E-state index in [1.807, 2.05) is 24.3 Å². The molecule has 0 bridgehead atoms. The summed E-state index contributed by atoms with van der Waals surface area (Å²) in [4.78, 5) is 16.0. The molecule has 5 heteroatoms. The fourth-order valence-corrected chi connectivity index (χ4v) is 1.86. The maximum absolute atomic E-state index is 12.0. The van der Waals surface area contributed by atoms with Crippen LogP contribution in [0.4, 0.5) is 5.69 Å². The topological polar surface area (TPSA) is 68.0 Å². The van der Waals surface area contributed by atoms with Crippen LogP contribution in [0, 0.1) is 0 Å². The van der Waals surface area contributed by atoms with E-state index in [9.17, 15) is 4.79 Å². The molecule has 2 aromatic rings. The molecule has 0 fully saturated rings. The Morgan fingerprint density at radius 2 is 2.11 bits per heavy atom. The first kappa shape index (κ1) is 12.7. The maximum Gasteiger partial charge on any atom is 0.274 e. The zero-order valence-corrected chi connectivity index (χ0v) is 11.1. The summed E-state index contributed by atoms with van der Waals surface area (Å²) in [5.74, 6) is -0.253. The van der Waals surface area contributed by atoms with Gasteiger partial charge < -0.3 is 11.1 Å². The van der Waals surface area contributed by atoms with Gasteiger partial charge in [-0.1, -0.05) is 12.1 Å². The second-order valence-electron chi connectivity index (χ2n) is 3.69. The van der Waals surface area contributed by atoms with Crippen molar-refractivity contribution in [1.29, 1.82) is 0 Å². The molecular formula is C13H12BrN3O. The van der Waals surface area contributed by atoms with Crippen molar-refractivity contribution in [3.05, 3.63) is 58.3 Å². The number of nitrogens with zero attached hydrogens (tertiary/aromatic N) is 1. The number of amides is 1. The van der Waals surface area contributed by atoms with Gasteiger partial charge in [-0.25, -0.2) is 0 Å². The van der Waals surface area contributed by atoms with Gasteiger partial charge in [-0.15, -0.1) is 0 Å². The van der Waals surface area contributed by atoms with Crippen LogP contribution >= 0.6 is 15.9 Å². The fourth-order valence-electron chi connectivity index (χ4n) is 1.47. The molecule has 0 aliphatic rings. The van der Waals surface area contributed by atoms with Gasteiger partial charge in [0.15, 0.2) is 0 Å². The molecule has 0 spiro atoms. The average molecular weight is 306 g/mol. The lowest BCUT2D eigenvalue weighted by atomic mass is 10.2. The van der Waals surface area contributed by atoms with Gasteiger partial charge in [0.2, 0.25) is 0 Å². The molecule has 0 radical (unpaired) electrons. The number of rotatable bonds is 3. The summed E-state index contributed by atoms with van der Waals surface area (Å²) in [5.41, 5.74) is 7.47. The van der Waals surface area contributed by atoms with Crippen LogP contribution in [-0.2, 0) is 6.54 Å². The molecule has 1 heterocycles. The summed E-state index contributed by atoms with van der Waals surface area (Å²) in [6, 6.07) is 10.9. The Bertz CT molecular complexity index is 572. The molecule has 1 amide bonds. The summed E-state index contributed by atoms with van der Waals surface area (Å²) < 4.78 is 0.827. The Hall–Kier alpha value is -1.72. The third-order valence-electron chi connectivity index (χ3n) is 2.41. The summed E-state index contributed by atoms with van der Waals surface area (Å²) in [6.07, 6.45) is 1.58. The molecular weight excluding hydrogens is 294 g/mol. The Morgan fingerprint density at radius 3 is 2.83 bits per heavy atom. The van der Waals surface area contributed by atoms with Gasteiger partial charge in [0, 0.05) is 17.2 Å². The van der Waals surface area contributed by atoms with E-state index < -0.39 is 0 Å². The van der Waals surface area contributed by atoms with Gasteiger partial charge in [0.1, 0.15) is 5.69 Å². The zero-order chi connectivity index (χ0) is 13.0. The number of anilines is 1. The maximum atomic E-state index is 12.0.